The quantitative estimate of drug-likeness (QED) is 0.499. The number of anilines is 1. The number of carbonyl (C=O) groups is 2. The van der Waals surface area contributed by atoms with Gasteiger partial charge in [0.05, 0.1) is 16.5 Å². The van der Waals surface area contributed by atoms with Gasteiger partial charge in [-0.15, -0.1) is 0 Å². The van der Waals surface area contributed by atoms with Crippen molar-refractivity contribution in [2.45, 2.75) is 0 Å². The van der Waals surface area contributed by atoms with Gasteiger partial charge in [0, 0.05) is 17.8 Å². The normalized spacial score (nSPS) is 15.7. The third kappa shape index (κ3) is 3.86. The second-order valence-electron chi connectivity index (χ2n) is 5.16. The van der Waals surface area contributed by atoms with Crippen molar-refractivity contribution >= 4 is 40.4 Å². The zero-order valence-corrected chi connectivity index (χ0v) is 13.7. The minimum atomic E-state index is -0.506. The molecule has 1 N–H and O–H groups in total. The fourth-order valence-electron chi connectivity index (χ4n) is 2.24. The van der Waals surface area contributed by atoms with E-state index >= 15 is 0 Å². The summed E-state index contributed by atoms with van der Waals surface area (Å²) >= 11 is 0.870. The molecule has 1 fully saturated rings. The predicted molar refractivity (Wildman–Crippen MR) is 95.8 cm³/mol. The lowest BCUT2D eigenvalue weighted by Gasteiger charge is -2.14. The SMILES string of the molecule is O=C1SC(=Cc2ccccc2)C(=O)N1CNc1cccc([N+](=O)[O-])c1. The van der Waals surface area contributed by atoms with E-state index in [4.69, 9.17) is 0 Å². The van der Waals surface area contributed by atoms with Crippen molar-refractivity contribution in [1.29, 1.82) is 0 Å². The summed E-state index contributed by atoms with van der Waals surface area (Å²) in [4.78, 5) is 36.1. The molecule has 0 bridgehead atoms. The highest BCUT2D eigenvalue weighted by Gasteiger charge is 2.34. The third-order valence-corrected chi connectivity index (χ3v) is 4.38. The Bertz CT molecular complexity index is 867. The molecule has 2 aromatic carbocycles. The second kappa shape index (κ2) is 7.18. The number of thioether (sulfide) groups is 1. The Labute approximate surface area is 147 Å². The van der Waals surface area contributed by atoms with Gasteiger partial charge in [0.2, 0.25) is 0 Å². The Morgan fingerprint density at radius 2 is 1.88 bits per heavy atom. The van der Waals surface area contributed by atoms with E-state index in [1.807, 2.05) is 30.3 Å². The molecule has 7 nitrogen and oxygen atoms in total. The highest BCUT2D eigenvalue weighted by molar-refractivity contribution is 8.18. The molecule has 0 unspecified atom stereocenters. The molecular formula is C17H13N3O4S. The van der Waals surface area contributed by atoms with Crippen molar-refractivity contribution in [2.24, 2.45) is 0 Å². The first-order valence-corrected chi connectivity index (χ1v) is 8.15. The van der Waals surface area contributed by atoms with Crippen LogP contribution < -0.4 is 5.32 Å². The van der Waals surface area contributed by atoms with Crippen LogP contribution in [-0.2, 0) is 4.79 Å². The van der Waals surface area contributed by atoms with E-state index in [0.717, 1.165) is 22.2 Å². The summed E-state index contributed by atoms with van der Waals surface area (Å²) in [5, 5.41) is 13.3. The molecule has 0 aromatic heterocycles. The standard InChI is InChI=1S/C17H13N3O4S/c21-16-15(9-12-5-2-1-3-6-12)25-17(22)19(16)11-18-13-7-4-8-14(10-13)20(23)24/h1-10,18H,11H2. The molecule has 25 heavy (non-hydrogen) atoms. The van der Waals surface area contributed by atoms with E-state index in [2.05, 4.69) is 5.32 Å². The van der Waals surface area contributed by atoms with Crippen molar-refractivity contribution in [3.63, 3.8) is 0 Å². The van der Waals surface area contributed by atoms with E-state index in [-0.39, 0.29) is 17.6 Å². The number of nitro groups is 1. The van der Waals surface area contributed by atoms with Gasteiger partial charge < -0.3 is 5.32 Å². The Morgan fingerprint density at radius 1 is 1.12 bits per heavy atom. The number of hydrogen-bond donors (Lipinski definition) is 1. The molecule has 1 aliphatic rings. The molecule has 0 atom stereocenters. The van der Waals surface area contributed by atoms with Crippen LogP contribution in [0.25, 0.3) is 6.08 Å². The fraction of sp³-hybridized carbons (Fsp3) is 0.0588. The zero-order chi connectivity index (χ0) is 17.8. The number of carbonyl (C=O) groups excluding carboxylic acids is 2. The summed E-state index contributed by atoms with van der Waals surface area (Å²) in [6.07, 6.45) is 1.66. The summed E-state index contributed by atoms with van der Waals surface area (Å²) in [6.45, 7) is -0.0576. The Balaban J connectivity index is 1.70. The van der Waals surface area contributed by atoms with Crippen LogP contribution in [0.15, 0.2) is 59.5 Å². The monoisotopic (exact) mass is 355 g/mol. The highest BCUT2D eigenvalue weighted by Crippen LogP contribution is 2.32. The minimum Gasteiger partial charge on any atom is -0.367 e. The minimum absolute atomic E-state index is 0.0576. The van der Waals surface area contributed by atoms with Crippen molar-refractivity contribution in [2.75, 3.05) is 12.0 Å². The number of non-ortho nitro benzene ring substituents is 1. The number of nitro benzene ring substituents is 1. The van der Waals surface area contributed by atoms with E-state index in [1.54, 1.807) is 12.1 Å². The Hall–Kier alpha value is -3.13. The number of amides is 2. The summed E-state index contributed by atoms with van der Waals surface area (Å²) in [5.41, 5.74) is 1.23. The first-order chi connectivity index (χ1) is 12.0. The van der Waals surface area contributed by atoms with Crippen LogP contribution in [0.3, 0.4) is 0 Å². The Morgan fingerprint density at radius 3 is 2.60 bits per heavy atom. The average Bonchev–Trinajstić information content (AvgIpc) is 2.87. The molecule has 2 aromatic rings. The van der Waals surface area contributed by atoms with Crippen molar-refractivity contribution < 1.29 is 14.5 Å². The van der Waals surface area contributed by atoms with Crippen LogP contribution in [0.1, 0.15) is 5.56 Å². The third-order valence-electron chi connectivity index (χ3n) is 3.47. The van der Waals surface area contributed by atoms with Crippen molar-refractivity contribution in [3.05, 3.63) is 75.2 Å². The average molecular weight is 355 g/mol. The number of nitrogens with one attached hydrogen (secondary N) is 1. The largest absolute Gasteiger partial charge is 0.367 e. The summed E-state index contributed by atoms with van der Waals surface area (Å²) in [5.74, 6) is -0.392. The molecule has 0 aliphatic carbocycles. The highest BCUT2D eigenvalue weighted by atomic mass is 32.2. The number of nitrogens with zero attached hydrogens (tertiary/aromatic N) is 2. The predicted octanol–water partition coefficient (Wildman–Crippen LogP) is 3.70. The summed E-state index contributed by atoms with van der Waals surface area (Å²) in [7, 11) is 0. The zero-order valence-electron chi connectivity index (χ0n) is 12.9. The van der Waals surface area contributed by atoms with Gasteiger partial charge in [-0.1, -0.05) is 36.4 Å². The smallest absolute Gasteiger partial charge is 0.295 e. The van der Waals surface area contributed by atoms with E-state index < -0.39 is 10.8 Å². The molecule has 8 heteroatoms. The molecule has 1 aliphatic heterocycles. The van der Waals surface area contributed by atoms with E-state index in [9.17, 15) is 19.7 Å². The van der Waals surface area contributed by atoms with Gasteiger partial charge in [-0.2, -0.15) is 0 Å². The number of benzene rings is 2. The molecule has 1 saturated heterocycles. The maximum atomic E-state index is 12.4. The molecule has 0 saturated carbocycles. The topological polar surface area (TPSA) is 92.6 Å². The van der Waals surface area contributed by atoms with Gasteiger partial charge in [0.1, 0.15) is 0 Å². The first kappa shape index (κ1) is 16.7. The second-order valence-corrected chi connectivity index (χ2v) is 6.16. The first-order valence-electron chi connectivity index (χ1n) is 7.33. The van der Waals surface area contributed by atoms with Gasteiger partial charge in [-0.25, -0.2) is 0 Å². The van der Waals surface area contributed by atoms with Crippen LogP contribution in [0, 0.1) is 10.1 Å². The van der Waals surface area contributed by atoms with Crippen molar-refractivity contribution in [3.8, 4) is 0 Å². The van der Waals surface area contributed by atoms with Crippen LogP contribution in [-0.4, -0.2) is 27.6 Å². The van der Waals surface area contributed by atoms with Crippen LogP contribution in [0.2, 0.25) is 0 Å². The number of rotatable bonds is 5. The lowest BCUT2D eigenvalue weighted by molar-refractivity contribution is -0.384. The van der Waals surface area contributed by atoms with Crippen LogP contribution >= 0.6 is 11.8 Å². The van der Waals surface area contributed by atoms with Crippen molar-refractivity contribution in [1.82, 2.24) is 4.90 Å². The summed E-state index contributed by atoms with van der Waals surface area (Å²) in [6, 6.07) is 15.1. The Kier molecular flexibility index (Phi) is 4.80. The van der Waals surface area contributed by atoms with Gasteiger partial charge in [-0.3, -0.25) is 24.6 Å². The van der Waals surface area contributed by atoms with E-state index in [1.165, 1.54) is 18.2 Å². The molecule has 126 valence electrons. The van der Waals surface area contributed by atoms with Crippen LogP contribution in [0.5, 0.6) is 0 Å². The van der Waals surface area contributed by atoms with Gasteiger partial charge in [0.25, 0.3) is 16.8 Å². The molecule has 0 radical (unpaired) electrons. The van der Waals surface area contributed by atoms with Crippen LogP contribution in [0.4, 0.5) is 16.2 Å². The summed E-state index contributed by atoms with van der Waals surface area (Å²) < 4.78 is 0. The number of hydrogen-bond acceptors (Lipinski definition) is 6. The fourth-order valence-corrected chi connectivity index (χ4v) is 3.08. The van der Waals surface area contributed by atoms with E-state index in [0.29, 0.717) is 10.6 Å². The molecule has 0 spiro atoms. The van der Waals surface area contributed by atoms with Gasteiger partial charge >= 0.3 is 0 Å². The lowest BCUT2D eigenvalue weighted by atomic mass is 10.2. The molecular weight excluding hydrogens is 342 g/mol. The van der Waals surface area contributed by atoms with Gasteiger partial charge in [-0.05, 0) is 29.5 Å². The molecule has 3 rings (SSSR count). The maximum absolute atomic E-state index is 12.4. The molecule has 2 amide bonds. The van der Waals surface area contributed by atoms with Gasteiger partial charge in [0.15, 0.2) is 0 Å². The maximum Gasteiger partial charge on any atom is 0.295 e. The number of imide groups is 1. The molecule has 1 heterocycles. The lowest BCUT2D eigenvalue weighted by Crippen LogP contribution is -2.33.